The highest BCUT2D eigenvalue weighted by atomic mass is 32.1. The van der Waals surface area contributed by atoms with Crippen molar-refractivity contribution in [3.8, 4) is 0 Å². The molecule has 0 radical (unpaired) electrons. The number of aromatic amines is 1. The summed E-state index contributed by atoms with van der Waals surface area (Å²) in [6, 6.07) is 21.7. The predicted octanol–water partition coefficient (Wildman–Crippen LogP) is 3.01. The zero-order chi connectivity index (χ0) is 31.8. The van der Waals surface area contributed by atoms with Crippen LogP contribution < -0.4 is 27.4 Å². The molecule has 0 aliphatic rings. The van der Waals surface area contributed by atoms with Crippen molar-refractivity contribution in [1.82, 2.24) is 25.9 Å². The lowest BCUT2D eigenvalue weighted by molar-refractivity contribution is -0.129. The molecule has 11 nitrogen and oxygen atoms in total. The highest BCUT2D eigenvalue weighted by molar-refractivity contribution is 7.20. The van der Waals surface area contributed by atoms with Crippen LogP contribution >= 0.6 is 11.3 Å². The van der Waals surface area contributed by atoms with Crippen LogP contribution in [-0.4, -0.2) is 58.2 Å². The predicted molar refractivity (Wildman–Crippen MR) is 177 cm³/mol. The molecule has 0 aliphatic heterocycles. The summed E-state index contributed by atoms with van der Waals surface area (Å²) in [7, 11) is 0. The lowest BCUT2D eigenvalue weighted by Gasteiger charge is -2.24. The molecule has 9 N–H and O–H groups in total. The van der Waals surface area contributed by atoms with Gasteiger partial charge < -0.3 is 32.4 Å². The Kier molecular flexibility index (Phi) is 10.2. The van der Waals surface area contributed by atoms with E-state index in [9.17, 15) is 14.4 Å². The molecule has 0 spiro atoms. The highest BCUT2D eigenvalue weighted by Gasteiger charge is 2.30. The van der Waals surface area contributed by atoms with Gasteiger partial charge in [-0.3, -0.25) is 19.8 Å². The lowest BCUT2D eigenvalue weighted by atomic mass is 10.0. The first-order valence-electron chi connectivity index (χ1n) is 14.7. The number of Topliss-reactive ketones (excluding diaryl/α,β-unsaturated/α-hetero) is 1. The summed E-state index contributed by atoms with van der Waals surface area (Å²) in [5.41, 5.74) is 15.2. The zero-order valence-corrected chi connectivity index (χ0v) is 25.4. The van der Waals surface area contributed by atoms with Gasteiger partial charge in [-0.1, -0.05) is 60.7 Å². The molecule has 2 amide bonds. The van der Waals surface area contributed by atoms with Crippen molar-refractivity contribution in [2.45, 2.75) is 43.8 Å². The molecule has 0 saturated heterocycles. The molecule has 0 bridgehead atoms. The van der Waals surface area contributed by atoms with Gasteiger partial charge in [-0.15, -0.1) is 11.3 Å². The quantitative estimate of drug-likeness (QED) is 0.0427. The second-order valence-electron chi connectivity index (χ2n) is 10.8. The summed E-state index contributed by atoms with van der Waals surface area (Å²) < 4.78 is 0.863. The van der Waals surface area contributed by atoms with E-state index in [1.807, 2.05) is 85.1 Å². The van der Waals surface area contributed by atoms with E-state index >= 15 is 0 Å². The van der Waals surface area contributed by atoms with Crippen molar-refractivity contribution in [3.63, 3.8) is 0 Å². The van der Waals surface area contributed by atoms with Gasteiger partial charge in [0, 0.05) is 30.1 Å². The minimum absolute atomic E-state index is 0.178. The van der Waals surface area contributed by atoms with Gasteiger partial charge in [0.1, 0.15) is 6.04 Å². The molecule has 1 unspecified atom stereocenters. The Morgan fingerprint density at radius 2 is 1.60 bits per heavy atom. The van der Waals surface area contributed by atoms with Crippen LogP contribution in [0.15, 0.2) is 85.1 Å². The maximum Gasteiger partial charge on any atom is 0.243 e. The molecule has 0 aliphatic carbocycles. The van der Waals surface area contributed by atoms with Crippen molar-refractivity contribution in [1.29, 1.82) is 5.41 Å². The number of hydrogen-bond donors (Lipinski definition) is 7. The van der Waals surface area contributed by atoms with E-state index in [4.69, 9.17) is 16.9 Å². The van der Waals surface area contributed by atoms with Gasteiger partial charge in [-0.05, 0) is 48.6 Å². The molecule has 0 fully saturated rings. The average molecular weight is 625 g/mol. The number of guanidine groups is 1. The van der Waals surface area contributed by atoms with Gasteiger partial charge in [-0.25, -0.2) is 4.98 Å². The van der Waals surface area contributed by atoms with Gasteiger partial charge in [0.15, 0.2) is 11.0 Å². The van der Waals surface area contributed by atoms with E-state index in [2.05, 4.69) is 25.9 Å². The number of amides is 2. The van der Waals surface area contributed by atoms with Crippen LogP contribution in [0.3, 0.4) is 0 Å². The average Bonchev–Trinajstić information content (AvgIpc) is 3.66. The van der Waals surface area contributed by atoms with Crippen LogP contribution in [0.2, 0.25) is 0 Å². The largest absolute Gasteiger partial charge is 0.370 e. The summed E-state index contributed by atoms with van der Waals surface area (Å²) in [5.74, 6) is -1.49. The normalized spacial score (nSPS) is 13.2. The number of nitrogens with one attached hydrogen (secondary N) is 5. The van der Waals surface area contributed by atoms with Gasteiger partial charge in [-0.2, -0.15) is 0 Å². The number of thiazole rings is 1. The molecular weight excluding hydrogens is 588 g/mol. The fraction of sp³-hybridized carbons (Fsp3) is 0.242. The number of nitrogens with two attached hydrogens (primary N) is 2. The molecule has 5 rings (SSSR count). The van der Waals surface area contributed by atoms with Crippen molar-refractivity contribution in [2.24, 2.45) is 11.5 Å². The number of carbonyl (C=O) groups is 3. The SMILES string of the molecule is N=C(N)NCCC[C@H](NC(=O)C(Cc1ccccc1)NC(=O)[C@H](N)Cc1c[nH]c2ccccc12)C(=O)c1nc2ccccc2s1. The molecule has 2 aromatic heterocycles. The van der Waals surface area contributed by atoms with Gasteiger partial charge >= 0.3 is 0 Å². The Hall–Kier alpha value is -5.07. The number of carbonyl (C=O) groups excluding carboxylic acids is 3. The number of hydrogen-bond acceptors (Lipinski definition) is 7. The van der Waals surface area contributed by atoms with E-state index in [0.717, 1.165) is 26.7 Å². The smallest absolute Gasteiger partial charge is 0.243 e. The van der Waals surface area contributed by atoms with E-state index < -0.39 is 29.9 Å². The fourth-order valence-electron chi connectivity index (χ4n) is 5.16. The number of ketones is 1. The third-order valence-corrected chi connectivity index (χ3v) is 8.54. The Morgan fingerprint density at radius 1 is 0.889 bits per heavy atom. The molecule has 2 heterocycles. The summed E-state index contributed by atoms with van der Waals surface area (Å²) in [5, 5.41) is 17.1. The van der Waals surface area contributed by atoms with Crippen LogP contribution in [0.25, 0.3) is 21.1 Å². The molecule has 3 atom stereocenters. The van der Waals surface area contributed by atoms with E-state index in [0.29, 0.717) is 18.5 Å². The number of H-pyrrole nitrogens is 1. The van der Waals surface area contributed by atoms with Crippen molar-refractivity contribution >= 4 is 56.0 Å². The van der Waals surface area contributed by atoms with E-state index in [1.54, 1.807) is 0 Å². The van der Waals surface area contributed by atoms with Crippen LogP contribution in [0.1, 0.15) is 33.8 Å². The number of nitrogens with zero attached hydrogens (tertiary/aromatic N) is 1. The summed E-state index contributed by atoms with van der Waals surface area (Å²) in [6.07, 6.45) is 3.04. The number of aromatic nitrogens is 2. The summed E-state index contributed by atoms with van der Waals surface area (Å²) >= 11 is 1.26. The molecule has 5 aromatic rings. The maximum absolute atomic E-state index is 13.8. The van der Waals surface area contributed by atoms with Crippen LogP contribution in [-0.2, 0) is 22.4 Å². The lowest BCUT2D eigenvalue weighted by Crippen LogP contribution is -2.55. The van der Waals surface area contributed by atoms with Crippen molar-refractivity contribution < 1.29 is 14.4 Å². The first kappa shape index (κ1) is 31.4. The van der Waals surface area contributed by atoms with Crippen LogP contribution in [0, 0.1) is 5.41 Å². The van der Waals surface area contributed by atoms with Crippen molar-refractivity contribution in [2.75, 3.05) is 6.54 Å². The number of para-hydroxylation sites is 2. The fourth-order valence-corrected chi connectivity index (χ4v) is 6.12. The molecular formula is C33H36N8O3S. The maximum atomic E-state index is 13.8. The molecule has 12 heteroatoms. The number of rotatable bonds is 14. The first-order chi connectivity index (χ1) is 21.8. The Labute approximate surface area is 264 Å². The van der Waals surface area contributed by atoms with Crippen LogP contribution in [0.5, 0.6) is 0 Å². The molecule has 0 saturated carbocycles. The minimum Gasteiger partial charge on any atom is -0.370 e. The van der Waals surface area contributed by atoms with Gasteiger partial charge in [0.2, 0.25) is 17.6 Å². The third kappa shape index (κ3) is 8.11. The topological polar surface area (TPSA) is 192 Å². The Morgan fingerprint density at radius 3 is 2.38 bits per heavy atom. The molecule has 3 aromatic carbocycles. The van der Waals surface area contributed by atoms with E-state index in [-0.39, 0.29) is 36.0 Å². The first-order valence-corrected chi connectivity index (χ1v) is 15.5. The molecule has 45 heavy (non-hydrogen) atoms. The second-order valence-corrected chi connectivity index (χ2v) is 11.8. The van der Waals surface area contributed by atoms with E-state index in [1.165, 1.54) is 11.3 Å². The number of benzene rings is 3. The summed E-state index contributed by atoms with van der Waals surface area (Å²) in [4.78, 5) is 48.6. The number of fused-ring (bicyclic) bond motifs is 2. The zero-order valence-electron chi connectivity index (χ0n) is 24.6. The monoisotopic (exact) mass is 624 g/mol. The summed E-state index contributed by atoms with van der Waals surface area (Å²) in [6.45, 7) is 0.349. The minimum atomic E-state index is -0.991. The highest BCUT2D eigenvalue weighted by Crippen LogP contribution is 2.23. The third-order valence-electron chi connectivity index (χ3n) is 7.49. The van der Waals surface area contributed by atoms with Crippen LogP contribution in [0.4, 0.5) is 0 Å². The Bertz CT molecular complexity index is 1770. The van der Waals surface area contributed by atoms with Gasteiger partial charge in [0.25, 0.3) is 0 Å². The van der Waals surface area contributed by atoms with Gasteiger partial charge in [0.05, 0.1) is 22.3 Å². The Balaban J connectivity index is 1.34. The standard InChI is InChI=1S/C33H36N8O3S/c34-23(18-21-19-38-24-12-5-4-11-22(21)24)30(43)40-27(17-20-9-2-1-3-10-20)31(44)39-26(14-8-16-37-33(35)36)29(42)32-41-25-13-6-7-15-28(25)45-32/h1-7,9-13,15,19,23,26-27,38H,8,14,16-18,34H2,(H,39,44)(H,40,43)(H4,35,36,37)/t23-,26+,27?/m1/s1. The molecule has 232 valence electrons. The second kappa shape index (κ2) is 14.6. The van der Waals surface area contributed by atoms with Crippen molar-refractivity contribution in [3.05, 3.63) is 101 Å².